The van der Waals surface area contributed by atoms with Crippen molar-refractivity contribution < 1.29 is 0 Å². The molecule has 0 aliphatic heterocycles. The highest BCUT2D eigenvalue weighted by Crippen LogP contribution is 2.49. The zero-order chi connectivity index (χ0) is 50.6. The van der Waals surface area contributed by atoms with E-state index in [1.54, 1.807) is 0 Å². The summed E-state index contributed by atoms with van der Waals surface area (Å²) in [5.41, 5.74) is 21.2. The summed E-state index contributed by atoms with van der Waals surface area (Å²) in [6.45, 7) is 14.2. The van der Waals surface area contributed by atoms with Gasteiger partial charge in [0.25, 0.3) is 0 Å². The highest BCUT2D eigenvalue weighted by atomic mass is 15.2. The molecule has 2 nitrogen and oxygen atoms in total. The molecule has 0 amide bonds. The summed E-state index contributed by atoms with van der Waals surface area (Å²) in [5, 5.41) is 7.48. The first kappa shape index (κ1) is 47.6. The summed E-state index contributed by atoms with van der Waals surface area (Å²) in [7, 11) is 0. The van der Waals surface area contributed by atoms with Crippen molar-refractivity contribution in [3.63, 3.8) is 0 Å². The van der Waals surface area contributed by atoms with Gasteiger partial charge in [-0.25, -0.2) is 0 Å². The number of hydrogen-bond donors (Lipinski definition) is 0. The zero-order valence-electron chi connectivity index (χ0n) is 44.4. The molecule has 2 heteroatoms. The van der Waals surface area contributed by atoms with E-state index in [-0.39, 0.29) is 5.41 Å². The molecule has 2 aliphatic carbocycles. The fourth-order valence-corrected chi connectivity index (χ4v) is 11.8. The number of nitrogens with zero attached hydrogens (tertiary/aromatic N) is 2. The Balaban J connectivity index is 1.12. The van der Waals surface area contributed by atoms with Crippen LogP contribution in [0.2, 0.25) is 0 Å². The molecule has 12 rings (SSSR count). The molecule has 2 aliphatic rings. The third-order valence-corrected chi connectivity index (χ3v) is 17.7. The predicted octanol–water partition coefficient (Wildman–Crippen LogP) is 20.4. The summed E-state index contributed by atoms with van der Waals surface area (Å²) < 4.78 is 0. The van der Waals surface area contributed by atoms with Gasteiger partial charge >= 0.3 is 0 Å². The van der Waals surface area contributed by atoms with Crippen molar-refractivity contribution in [1.82, 2.24) is 0 Å². The van der Waals surface area contributed by atoms with Gasteiger partial charge in [0.05, 0.1) is 11.4 Å². The summed E-state index contributed by atoms with van der Waals surface area (Å²) in [5.74, 6) is 0. The van der Waals surface area contributed by atoms with E-state index in [2.05, 4.69) is 245 Å². The van der Waals surface area contributed by atoms with Gasteiger partial charge in [-0.3, -0.25) is 0 Å². The normalized spacial score (nSPS) is 13.1. The van der Waals surface area contributed by atoms with Gasteiger partial charge in [-0.15, -0.1) is 0 Å². The monoisotopic (exact) mass is 963 g/mol. The maximum absolute atomic E-state index is 2.54. The van der Waals surface area contributed by atoms with Gasteiger partial charge in [0, 0.05) is 33.5 Å². The molecule has 10 aromatic carbocycles. The van der Waals surface area contributed by atoms with E-state index in [1.165, 1.54) is 112 Å². The lowest BCUT2D eigenvalue weighted by Crippen LogP contribution is -2.17. The minimum Gasteiger partial charge on any atom is -0.310 e. The number of benzene rings is 10. The van der Waals surface area contributed by atoms with Gasteiger partial charge in [0.1, 0.15) is 0 Å². The Morgan fingerprint density at radius 3 is 1.45 bits per heavy atom. The fourth-order valence-electron chi connectivity index (χ4n) is 11.8. The fraction of sp³-hybridized carbons (Fsp3) is 0.250. The van der Waals surface area contributed by atoms with Crippen molar-refractivity contribution in [1.29, 1.82) is 0 Å². The molecule has 0 radical (unpaired) electrons. The van der Waals surface area contributed by atoms with Crippen molar-refractivity contribution in [2.24, 2.45) is 10.8 Å². The zero-order valence-corrected chi connectivity index (χ0v) is 44.4. The Morgan fingerprint density at radius 2 is 0.892 bits per heavy atom. The van der Waals surface area contributed by atoms with Crippen LogP contribution in [0.25, 0.3) is 54.6 Å². The van der Waals surface area contributed by atoms with E-state index >= 15 is 0 Å². The van der Waals surface area contributed by atoms with Gasteiger partial charge in [-0.2, -0.15) is 0 Å². The smallest absolute Gasteiger partial charge is 0.0540 e. The Bertz CT molecular complexity index is 3700. The van der Waals surface area contributed by atoms with E-state index in [4.69, 9.17) is 0 Å². The van der Waals surface area contributed by atoms with Crippen LogP contribution in [0.1, 0.15) is 101 Å². The van der Waals surface area contributed by atoms with Gasteiger partial charge < -0.3 is 9.80 Å². The maximum Gasteiger partial charge on any atom is 0.0540 e. The Kier molecular flexibility index (Phi) is 12.5. The van der Waals surface area contributed by atoms with Gasteiger partial charge in [-0.1, -0.05) is 194 Å². The lowest BCUT2D eigenvalue weighted by Gasteiger charge is -2.31. The number of para-hydroxylation sites is 1. The Morgan fingerprint density at radius 1 is 0.378 bits per heavy atom. The largest absolute Gasteiger partial charge is 0.310 e. The highest BCUT2D eigenvalue weighted by molar-refractivity contribution is 6.11. The molecule has 368 valence electrons. The molecule has 0 spiro atoms. The molecule has 0 fully saturated rings. The number of anilines is 6. The van der Waals surface area contributed by atoms with Crippen LogP contribution in [0.5, 0.6) is 0 Å². The molecule has 0 saturated heterocycles. The van der Waals surface area contributed by atoms with E-state index in [0.29, 0.717) is 5.41 Å². The second kappa shape index (κ2) is 19.5. The number of aryl methyl sites for hydroxylation is 5. The first-order valence-electron chi connectivity index (χ1n) is 27.7. The second-order valence-electron chi connectivity index (χ2n) is 22.8. The molecule has 0 heterocycles. The average Bonchev–Trinajstić information content (AvgIpc) is 3.41. The first-order valence-corrected chi connectivity index (χ1v) is 27.7. The Hall–Kier alpha value is -7.42. The molecule has 0 saturated carbocycles. The average molecular weight is 963 g/mol. The summed E-state index contributed by atoms with van der Waals surface area (Å²) in [6, 6.07) is 74.8. The quantitative estimate of drug-likeness (QED) is 0.0952. The molecule has 74 heavy (non-hydrogen) atoms. The molecular formula is C72H70N2. The molecule has 0 atom stereocenters. The van der Waals surface area contributed by atoms with Crippen molar-refractivity contribution in [2.45, 2.75) is 106 Å². The molecule has 0 N–H and O–H groups in total. The lowest BCUT2D eigenvalue weighted by atomic mass is 9.79. The van der Waals surface area contributed by atoms with Crippen LogP contribution in [0.3, 0.4) is 0 Å². The van der Waals surface area contributed by atoms with E-state index < -0.39 is 0 Å². The van der Waals surface area contributed by atoms with Crippen LogP contribution >= 0.6 is 0 Å². The minimum absolute atomic E-state index is 0.271. The van der Waals surface area contributed by atoms with Crippen LogP contribution in [0, 0.1) is 10.8 Å². The van der Waals surface area contributed by atoms with Crippen LogP contribution in [-0.2, 0) is 38.5 Å². The number of rotatable bonds is 16. The first-order chi connectivity index (χ1) is 36.1. The third kappa shape index (κ3) is 8.97. The molecule has 0 aromatic heterocycles. The van der Waals surface area contributed by atoms with E-state index in [0.717, 1.165) is 74.1 Å². The summed E-state index contributed by atoms with van der Waals surface area (Å²) in [6.07, 6.45) is 11.4. The summed E-state index contributed by atoms with van der Waals surface area (Å²) >= 11 is 0. The third-order valence-electron chi connectivity index (χ3n) is 17.7. The minimum atomic E-state index is 0.271. The molecule has 0 unspecified atom stereocenters. The molecular weight excluding hydrogens is 893 g/mol. The lowest BCUT2D eigenvalue weighted by molar-refractivity contribution is 0.296. The number of hydrogen-bond acceptors (Lipinski definition) is 2. The van der Waals surface area contributed by atoms with Gasteiger partial charge in [0.2, 0.25) is 0 Å². The van der Waals surface area contributed by atoms with Crippen LogP contribution < -0.4 is 9.80 Å². The van der Waals surface area contributed by atoms with E-state index in [9.17, 15) is 0 Å². The van der Waals surface area contributed by atoms with Crippen LogP contribution in [0.4, 0.5) is 34.1 Å². The van der Waals surface area contributed by atoms with Crippen molar-refractivity contribution in [2.75, 3.05) is 9.80 Å². The van der Waals surface area contributed by atoms with Gasteiger partial charge in [-0.05, 0) is 194 Å². The highest BCUT2D eigenvalue weighted by Gasteiger charge is 2.26. The van der Waals surface area contributed by atoms with Crippen LogP contribution in [0.15, 0.2) is 194 Å². The van der Waals surface area contributed by atoms with Gasteiger partial charge in [0.15, 0.2) is 0 Å². The second-order valence-corrected chi connectivity index (χ2v) is 22.8. The topological polar surface area (TPSA) is 6.48 Å². The standard InChI is InChI=1S/C72H70N2/c1-7-71(4,5)40-39-49-27-38-64-56(41-49)19-16-24-70(64)73(59-20-11-10-12-21-59)61-44-65(57-34-30-51-28-32-54(51)42-57)68-47-62(45-66(67(68)46-61)58-35-31-52-29-33-55(52)43-58)74(69-23-15-18-53-17-13-14-22-63(53)69)60-36-25-50(26-37-60)48-72(6,8-2)9-3/h10-27,30-31,34-38,41-47H,7-9,28-29,32-33,39-40,48H2,1-6H3. The van der Waals surface area contributed by atoms with Crippen LogP contribution in [-0.4, -0.2) is 0 Å². The van der Waals surface area contributed by atoms with E-state index in [1.807, 2.05) is 0 Å². The SMILES string of the molecule is CCC(C)(C)CCc1ccc2c(N(c3ccccc3)c3cc(-c4ccc5c(c4)CC5)c4cc(N(c5ccc(CC(C)(CC)CC)cc5)c5cccc6ccccc56)cc(-c5ccc6c(c5)CC6)c4c3)cccc2c1. The number of fused-ring (bicyclic) bond motifs is 5. The summed E-state index contributed by atoms with van der Waals surface area (Å²) in [4.78, 5) is 5.06. The molecule has 10 aromatic rings. The predicted molar refractivity (Wildman–Crippen MR) is 319 cm³/mol. The Labute approximate surface area is 440 Å². The van der Waals surface area contributed by atoms with Crippen molar-refractivity contribution >= 4 is 66.4 Å². The van der Waals surface area contributed by atoms with Crippen molar-refractivity contribution in [3.8, 4) is 22.3 Å². The van der Waals surface area contributed by atoms with Crippen molar-refractivity contribution in [3.05, 3.63) is 228 Å². The molecule has 0 bridgehead atoms. The maximum atomic E-state index is 2.54.